The van der Waals surface area contributed by atoms with Crippen LogP contribution in [0.2, 0.25) is 0 Å². The van der Waals surface area contributed by atoms with Crippen molar-refractivity contribution in [2.75, 3.05) is 11.4 Å². The van der Waals surface area contributed by atoms with Crippen LogP contribution < -0.4 is 10.5 Å². The van der Waals surface area contributed by atoms with Gasteiger partial charge >= 0.3 is 0 Å². The van der Waals surface area contributed by atoms with Crippen LogP contribution in [0.15, 0.2) is 39.7 Å². The molecule has 0 radical (unpaired) electrons. The fourth-order valence-electron chi connectivity index (χ4n) is 2.56. The Morgan fingerprint density at radius 3 is 3.05 bits per heavy atom. The lowest BCUT2D eigenvalue weighted by atomic mass is 10.0. The normalized spacial score (nSPS) is 14.4. The SMILES string of the molecule is O=c1ccnc2sc(N3CCc4cccc(Br)c4C3)nn12. The second kappa shape index (κ2) is 4.92. The Labute approximate surface area is 133 Å². The van der Waals surface area contributed by atoms with Crippen LogP contribution in [0, 0.1) is 0 Å². The highest BCUT2D eigenvalue weighted by Gasteiger charge is 2.21. The van der Waals surface area contributed by atoms with Gasteiger partial charge in [-0.1, -0.05) is 39.4 Å². The fourth-order valence-corrected chi connectivity index (χ4v) is 4.00. The van der Waals surface area contributed by atoms with Gasteiger partial charge in [-0.15, -0.1) is 5.10 Å². The number of anilines is 1. The molecule has 0 saturated carbocycles. The van der Waals surface area contributed by atoms with Crippen molar-refractivity contribution in [1.82, 2.24) is 14.6 Å². The summed E-state index contributed by atoms with van der Waals surface area (Å²) >= 11 is 5.07. The summed E-state index contributed by atoms with van der Waals surface area (Å²) in [5, 5.41) is 5.25. The first-order chi connectivity index (χ1) is 10.2. The van der Waals surface area contributed by atoms with Gasteiger partial charge < -0.3 is 4.90 Å². The Morgan fingerprint density at radius 2 is 2.19 bits per heavy atom. The van der Waals surface area contributed by atoms with Crippen molar-refractivity contribution in [2.45, 2.75) is 13.0 Å². The lowest BCUT2D eigenvalue weighted by molar-refractivity contribution is 0.714. The zero-order chi connectivity index (χ0) is 14.4. The number of hydrogen-bond donors (Lipinski definition) is 0. The largest absolute Gasteiger partial charge is 0.342 e. The molecule has 0 saturated heterocycles. The summed E-state index contributed by atoms with van der Waals surface area (Å²) < 4.78 is 2.50. The molecule has 106 valence electrons. The van der Waals surface area contributed by atoms with Gasteiger partial charge in [-0.2, -0.15) is 4.52 Å². The summed E-state index contributed by atoms with van der Waals surface area (Å²) in [5.74, 6) is 0. The van der Waals surface area contributed by atoms with E-state index in [1.54, 1.807) is 0 Å². The highest BCUT2D eigenvalue weighted by Crippen LogP contribution is 2.31. The van der Waals surface area contributed by atoms with E-state index in [1.165, 1.54) is 39.2 Å². The van der Waals surface area contributed by atoms with Gasteiger partial charge in [0.25, 0.3) is 5.56 Å². The van der Waals surface area contributed by atoms with Crippen molar-refractivity contribution >= 4 is 37.4 Å². The molecule has 3 heterocycles. The molecule has 0 N–H and O–H groups in total. The number of rotatable bonds is 1. The van der Waals surface area contributed by atoms with Crippen molar-refractivity contribution < 1.29 is 0 Å². The Bertz CT molecular complexity index is 888. The molecule has 0 fully saturated rings. The van der Waals surface area contributed by atoms with Crippen LogP contribution in [0.1, 0.15) is 11.1 Å². The van der Waals surface area contributed by atoms with E-state index >= 15 is 0 Å². The number of aromatic nitrogens is 3. The van der Waals surface area contributed by atoms with Crippen molar-refractivity contribution in [1.29, 1.82) is 0 Å². The van der Waals surface area contributed by atoms with E-state index in [0.717, 1.165) is 29.1 Å². The summed E-state index contributed by atoms with van der Waals surface area (Å²) in [6.45, 7) is 1.70. The quantitative estimate of drug-likeness (QED) is 0.667. The van der Waals surface area contributed by atoms with Crippen LogP contribution in [0.3, 0.4) is 0 Å². The lowest BCUT2D eigenvalue weighted by Gasteiger charge is -2.28. The molecule has 1 aliphatic heterocycles. The van der Waals surface area contributed by atoms with E-state index in [-0.39, 0.29) is 5.56 Å². The van der Waals surface area contributed by atoms with E-state index in [4.69, 9.17) is 0 Å². The van der Waals surface area contributed by atoms with Gasteiger partial charge in [0.2, 0.25) is 10.1 Å². The molecule has 5 nitrogen and oxygen atoms in total. The second-order valence-corrected chi connectivity index (χ2v) is 6.70. The minimum Gasteiger partial charge on any atom is -0.342 e. The van der Waals surface area contributed by atoms with Gasteiger partial charge in [0.15, 0.2) is 0 Å². The number of halogens is 1. The van der Waals surface area contributed by atoms with Crippen molar-refractivity contribution in [3.05, 3.63) is 56.4 Å². The molecular formula is C14H11BrN4OS. The number of hydrogen-bond acceptors (Lipinski definition) is 5. The first kappa shape index (κ1) is 13.0. The molecule has 4 rings (SSSR count). The minimum absolute atomic E-state index is 0.138. The summed E-state index contributed by atoms with van der Waals surface area (Å²) in [7, 11) is 0. The first-order valence-electron chi connectivity index (χ1n) is 6.58. The number of nitrogens with zero attached hydrogens (tertiary/aromatic N) is 4. The molecule has 0 spiro atoms. The average molecular weight is 363 g/mol. The smallest absolute Gasteiger partial charge is 0.275 e. The third-order valence-electron chi connectivity index (χ3n) is 3.65. The van der Waals surface area contributed by atoms with Crippen molar-refractivity contribution in [3.8, 4) is 0 Å². The van der Waals surface area contributed by atoms with Crippen LogP contribution in [0.5, 0.6) is 0 Å². The molecule has 1 aromatic carbocycles. The third-order valence-corrected chi connectivity index (χ3v) is 5.37. The topological polar surface area (TPSA) is 50.5 Å². The number of fused-ring (bicyclic) bond motifs is 2. The minimum atomic E-state index is -0.138. The zero-order valence-electron chi connectivity index (χ0n) is 11.0. The molecule has 3 aromatic rings. The molecule has 0 aliphatic carbocycles. The predicted octanol–water partition coefficient (Wildman–Crippen LogP) is 2.48. The molecule has 0 atom stereocenters. The monoisotopic (exact) mass is 362 g/mol. The van der Waals surface area contributed by atoms with Gasteiger partial charge in [0, 0.05) is 29.8 Å². The maximum atomic E-state index is 11.8. The average Bonchev–Trinajstić information content (AvgIpc) is 2.93. The van der Waals surface area contributed by atoms with Crippen LogP contribution in [-0.2, 0) is 13.0 Å². The van der Waals surface area contributed by atoms with Gasteiger partial charge in [-0.05, 0) is 23.6 Å². The highest BCUT2D eigenvalue weighted by molar-refractivity contribution is 9.10. The van der Waals surface area contributed by atoms with E-state index in [9.17, 15) is 4.79 Å². The molecule has 21 heavy (non-hydrogen) atoms. The Morgan fingerprint density at radius 1 is 1.29 bits per heavy atom. The molecular weight excluding hydrogens is 352 g/mol. The molecule has 0 amide bonds. The van der Waals surface area contributed by atoms with E-state index in [2.05, 4.69) is 49.1 Å². The summed E-state index contributed by atoms with van der Waals surface area (Å²) in [6, 6.07) is 7.73. The zero-order valence-corrected chi connectivity index (χ0v) is 13.4. The van der Waals surface area contributed by atoms with Gasteiger partial charge in [-0.25, -0.2) is 4.98 Å². The molecule has 2 aromatic heterocycles. The molecule has 7 heteroatoms. The lowest BCUT2D eigenvalue weighted by Crippen LogP contribution is -2.30. The first-order valence-corrected chi connectivity index (χ1v) is 8.19. The Balaban J connectivity index is 1.75. The third kappa shape index (κ3) is 2.16. The number of benzene rings is 1. The molecule has 0 bridgehead atoms. The predicted molar refractivity (Wildman–Crippen MR) is 86.0 cm³/mol. The van der Waals surface area contributed by atoms with E-state index < -0.39 is 0 Å². The maximum Gasteiger partial charge on any atom is 0.275 e. The van der Waals surface area contributed by atoms with Crippen LogP contribution in [-0.4, -0.2) is 21.1 Å². The van der Waals surface area contributed by atoms with Gasteiger partial charge in [0.05, 0.1) is 0 Å². The van der Waals surface area contributed by atoms with Crippen molar-refractivity contribution in [3.63, 3.8) is 0 Å². The standard InChI is InChI=1S/C14H11BrN4OS/c15-11-3-1-2-9-5-7-18(8-10(9)11)14-17-19-12(20)4-6-16-13(19)21-14/h1-4,6H,5,7-8H2. The second-order valence-electron chi connectivity index (χ2n) is 4.91. The van der Waals surface area contributed by atoms with E-state index in [1.807, 2.05) is 0 Å². The Hall–Kier alpha value is -1.73. The van der Waals surface area contributed by atoms with Gasteiger partial charge in [-0.3, -0.25) is 4.79 Å². The van der Waals surface area contributed by atoms with Crippen LogP contribution in [0.25, 0.3) is 4.96 Å². The Kier molecular flexibility index (Phi) is 3.04. The summed E-state index contributed by atoms with van der Waals surface area (Å²) in [6.07, 6.45) is 2.51. The highest BCUT2D eigenvalue weighted by atomic mass is 79.9. The van der Waals surface area contributed by atoms with E-state index in [0.29, 0.717) is 4.96 Å². The van der Waals surface area contributed by atoms with Crippen LogP contribution >= 0.6 is 27.3 Å². The van der Waals surface area contributed by atoms with Gasteiger partial charge in [0.1, 0.15) is 0 Å². The molecule has 0 unspecified atom stereocenters. The van der Waals surface area contributed by atoms with Crippen molar-refractivity contribution in [2.24, 2.45) is 0 Å². The fraction of sp³-hybridized carbons (Fsp3) is 0.214. The summed E-state index contributed by atoms with van der Waals surface area (Å²) in [5.41, 5.74) is 2.53. The molecule has 1 aliphatic rings. The van der Waals surface area contributed by atoms with Crippen LogP contribution in [0.4, 0.5) is 5.13 Å². The maximum absolute atomic E-state index is 11.8. The summed E-state index contributed by atoms with van der Waals surface area (Å²) in [4.78, 5) is 18.8.